The maximum atomic E-state index is 10.9. The van der Waals surface area contributed by atoms with Crippen LogP contribution in [0.15, 0.2) is 12.3 Å². The smallest absolute Gasteiger partial charge is 0.337 e. The van der Waals surface area contributed by atoms with E-state index in [1.165, 1.54) is 12.3 Å². The fourth-order valence-electron chi connectivity index (χ4n) is 2.41. The number of amides is 1. The Morgan fingerprint density at radius 2 is 2.10 bits per heavy atom. The first-order valence-electron chi connectivity index (χ1n) is 6.39. The van der Waals surface area contributed by atoms with Crippen molar-refractivity contribution >= 4 is 29.3 Å². The normalized spacial score (nSPS) is 16.1. The lowest BCUT2D eigenvalue weighted by atomic mass is 9.93. The summed E-state index contributed by atoms with van der Waals surface area (Å²) in [6.45, 7) is 1.47. The maximum absolute atomic E-state index is 10.9. The molecule has 1 aliphatic heterocycles. The number of nitrogens with two attached hydrogens (primary N) is 1. The van der Waals surface area contributed by atoms with Crippen LogP contribution in [-0.4, -0.2) is 35.1 Å². The number of halogens is 1. The average Bonchev–Trinajstić information content (AvgIpc) is 2.39. The Kier molecular flexibility index (Phi) is 4.44. The van der Waals surface area contributed by atoms with Crippen molar-refractivity contribution in [2.24, 2.45) is 11.7 Å². The predicted molar refractivity (Wildman–Crippen MR) is 75.0 cm³/mol. The number of rotatable bonds is 4. The van der Waals surface area contributed by atoms with E-state index in [0.717, 1.165) is 25.9 Å². The van der Waals surface area contributed by atoms with Gasteiger partial charge in [-0.3, -0.25) is 4.79 Å². The third kappa shape index (κ3) is 3.39. The van der Waals surface area contributed by atoms with E-state index >= 15 is 0 Å². The lowest BCUT2D eigenvalue weighted by Gasteiger charge is -2.32. The molecular weight excluding hydrogens is 282 g/mol. The largest absolute Gasteiger partial charge is 0.478 e. The number of carbonyl (C=O) groups excluding carboxylic acids is 1. The van der Waals surface area contributed by atoms with Crippen molar-refractivity contribution < 1.29 is 14.7 Å². The van der Waals surface area contributed by atoms with E-state index in [2.05, 4.69) is 4.98 Å². The van der Waals surface area contributed by atoms with Gasteiger partial charge in [-0.15, -0.1) is 0 Å². The highest BCUT2D eigenvalue weighted by Gasteiger charge is 2.23. The summed E-state index contributed by atoms with van der Waals surface area (Å²) >= 11 is 6.09. The van der Waals surface area contributed by atoms with Crippen LogP contribution in [0.3, 0.4) is 0 Å². The van der Waals surface area contributed by atoms with E-state index in [9.17, 15) is 9.59 Å². The minimum Gasteiger partial charge on any atom is -0.478 e. The second-order valence-electron chi connectivity index (χ2n) is 4.94. The highest BCUT2D eigenvalue weighted by molar-refractivity contribution is 6.33. The molecule has 1 fully saturated rings. The molecule has 1 aromatic heterocycles. The molecule has 0 spiro atoms. The summed E-state index contributed by atoms with van der Waals surface area (Å²) in [7, 11) is 0. The molecule has 0 aliphatic carbocycles. The average molecular weight is 298 g/mol. The van der Waals surface area contributed by atoms with Gasteiger partial charge >= 0.3 is 5.97 Å². The van der Waals surface area contributed by atoms with Crippen LogP contribution < -0.4 is 10.6 Å². The lowest BCUT2D eigenvalue weighted by molar-refractivity contribution is -0.119. The fraction of sp³-hybridized carbons (Fsp3) is 0.462. The first-order chi connectivity index (χ1) is 9.47. The highest BCUT2D eigenvalue weighted by Crippen LogP contribution is 2.29. The Labute approximate surface area is 121 Å². The standard InChI is InChI=1S/C13H16ClN3O3/c14-10-6-9(13(19)20)7-16-12(10)17-3-1-8(2-4-17)5-11(15)18/h6-8H,1-5H2,(H2,15,18)(H,19,20). The SMILES string of the molecule is NC(=O)CC1CCN(c2ncc(C(=O)O)cc2Cl)CC1. The molecule has 3 N–H and O–H groups in total. The van der Waals surface area contributed by atoms with E-state index in [1.54, 1.807) is 0 Å². The molecule has 0 saturated carbocycles. The first-order valence-corrected chi connectivity index (χ1v) is 6.77. The van der Waals surface area contributed by atoms with E-state index in [-0.39, 0.29) is 11.5 Å². The van der Waals surface area contributed by atoms with E-state index in [1.807, 2.05) is 4.90 Å². The summed E-state index contributed by atoms with van der Waals surface area (Å²) < 4.78 is 0. The Hall–Kier alpha value is -1.82. The zero-order chi connectivity index (χ0) is 14.7. The van der Waals surface area contributed by atoms with E-state index in [0.29, 0.717) is 23.2 Å². The molecule has 7 heteroatoms. The van der Waals surface area contributed by atoms with Gasteiger partial charge in [-0.05, 0) is 24.8 Å². The van der Waals surface area contributed by atoms with Crippen molar-refractivity contribution in [3.8, 4) is 0 Å². The number of carbonyl (C=O) groups is 2. The minimum absolute atomic E-state index is 0.0716. The fourth-order valence-corrected chi connectivity index (χ4v) is 2.70. The molecule has 0 bridgehead atoms. The molecule has 108 valence electrons. The molecule has 1 aromatic rings. The van der Waals surface area contributed by atoms with E-state index < -0.39 is 5.97 Å². The van der Waals surface area contributed by atoms with Crippen LogP contribution >= 0.6 is 11.6 Å². The molecule has 0 unspecified atom stereocenters. The second-order valence-corrected chi connectivity index (χ2v) is 5.34. The molecule has 0 radical (unpaired) electrons. The van der Waals surface area contributed by atoms with Crippen molar-refractivity contribution in [2.45, 2.75) is 19.3 Å². The summed E-state index contributed by atoms with van der Waals surface area (Å²) in [5, 5.41) is 9.20. The number of aromatic nitrogens is 1. The van der Waals surface area contributed by atoms with Crippen LogP contribution in [0.25, 0.3) is 0 Å². The molecule has 1 saturated heterocycles. The molecular formula is C13H16ClN3O3. The third-order valence-electron chi connectivity index (χ3n) is 3.47. The number of anilines is 1. The van der Waals surface area contributed by atoms with Gasteiger partial charge in [0.25, 0.3) is 0 Å². The quantitative estimate of drug-likeness (QED) is 0.878. The number of carboxylic acid groups (broad SMARTS) is 1. The molecule has 6 nitrogen and oxygen atoms in total. The summed E-state index contributed by atoms with van der Waals surface area (Å²) in [4.78, 5) is 27.9. The summed E-state index contributed by atoms with van der Waals surface area (Å²) in [6, 6.07) is 1.40. The number of carboxylic acids is 1. The highest BCUT2D eigenvalue weighted by atomic mass is 35.5. The monoisotopic (exact) mass is 297 g/mol. The second kappa shape index (κ2) is 6.09. The molecule has 2 rings (SSSR count). The minimum atomic E-state index is -1.05. The number of hydrogen-bond donors (Lipinski definition) is 2. The number of aromatic carboxylic acids is 1. The number of hydrogen-bond acceptors (Lipinski definition) is 4. The van der Waals surface area contributed by atoms with Crippen LogP contribution in [0.2, 0.25) is 5.02 Å². The lowest BCUT2D eigenvalue weighted by Crippen LogP contribution is -2.35. The van der Waals surface area contributed by atoms with Crippen molar-refractivity contribution in [3.05, 3.63) is 22.8 Å². The van der Waals surface area contributed by atoms with Gasteiger partial charge in [0, 0.05) is 25.7 Å². The van der Waals surface area contributed by atoms with Crippen LogP contribution in [0.4, 0.5) is 5.82 Å². The van der Waals surface area contributed by atoms with Crippen molar-refractivity contribution in [2.75, 3.05) is 18.0 Å². The van der Waals surface area contributed by atoms with Gasteiger partial charge in [0.1, 0.15) is 5.82 Å². The van der Waals surface area contributed by atoms with Crippen LogP contribution in [0, 0.1) is 5.92 Å². The molecule has 1 amide bonds. The zero-order valence-electron chi connectivity index (χ0n) is 10.9. The maximum Gasteiger partial charge on any atom is 0.337 e. The van der Waals surface area contributed by atoms with Gasteiger partial charge < -0.3 is 15.7 Å². The van der Waals surface area contributed by atoms with Crippen molar-refractivity contribution in [3.63, 3.8) is 0 Å². The summed E-state index contributed by atoms with van der Waals surface area (Å²) in [6.07, 6.45) is 3.41. The Bertz CT molecular complexity index is 528. The summed E-state index contributed by atoms with van der Waals surface area (Å²) in [5.74, 6) is -0.424. The van der Waals surface area contributed by atoms with Crippen molar-refractivity contribution in [1.82, 2.24) is 4.98 Å². The van der Waals surface area contributed by atoms with Gasteiger partial charge in [0.05, 0.1) is 10.6 Å². The number of primary amides is 1. The molecule has 20 heavy (non-hydrogen) atoms. The van der Waals surface area contributed by atoms with Gasteiger partial charge in [-0.25, -0.2) is 9.78 Å². The zero-order valence-corrected chi connectivity index (χ0v) is 11.6. The number of piperidine rings is 1. The summed E-state index contributed by atoms with van der Waals surface area (Å²) in [5.41, 5.74) is 5.27. The van der Waals surface area contributed by atoms with Crippen LogP contribution in [0.1, 0.15) is 29.6 Å². The number of nitrogens with zero attached hydrogens (tertiary/aromatic N) is 2. The molecule has 0 aromatic carbocycles. The molecule has 0 atom stereocenters. The molecule has 1 aliphatic rings. The number of pyridine rings is 1. The van der Waals surface area contributed by atoms with Gasteiger partial charge in [0.2, 0.25) is 5.91 Å². The van der Waals surface area contributed by atoms with Crippen LogP contribution in [-0.2, 0) is 4.79 Å². The first kappa shape index (κ1) is 14.6. The van der Waals surface area contributed by atoms with Gasteiger partial charge in [0.15, 0.2) is 0 Å². The topological polar surface area (TPSA) is 96.5 Å². The predicted octanol–water partition coefficient (Wildman–Crippen LogP) is 1.52. The van der Waals surface area contributed by atoms with Gasteiger partial charge in [-0.2, -0.15) is 0 Å². The van der Waals surface area contributed by atoms with E-state index in [4.69, 9.17) is 22.4 Å². The van der Waals surface area contributed by atoms with Gasteiger partial charge in [-0.1, -0.05) is 11.6 Å². The Morgan fingerprint density at radius 1 is 1.45 bits per heavy atom. The van der Waals surface area contributed by atoms with Crippen LogP contribution in [0.5, 0.6) is 0 Å². The van der Waals surface area contributed by atoms with Crippen molar-refractivity contribution in [1.29, 1.82) is 0 Å². The Balaban J connectivity index is 2.03. The third-order valence-corrected chi connectivity index (χ3v) is 3.75. The molecule has 2 heterocycles. The Morgan fingerprint density at radius 3 is 2.60 bits per heavy atom.